The molecule has 1 aromatic carbocycles. The van der Waals surface area contributed by atoms with Crippen molar-refractivity contribution in [3.05, 3.63) is 39.9 Å². The van der Waals surface area contributed by atoms with Crippen LogP contribution in [-0.4, -0.2) is 10.2 Å². The molecule has 0 aromatic heterocycles. The van der Waals surface area contributed by atoms with Gasteiger partial charge < -0.3 is 0 Å². The fourth-order valence-corrected chi connectivity index (χ4v) is 1.09. The minimum atomic E-state index is -0.527. The molecule has 0 aliphatic heterocycles. The second-order valence-electron chi connectivity index (χ2n) is 2.46. The van der Waals surface area contributed by atoms with Crippen LogP contribution in [0.4, 0.5) is 5.69 Å². The summed E-state index contributed by atoms with van der Waals surface area (Å²) in [5, 5.41) is 9.80. The Hall–Kier alpha value is -1.42. The predicted octanol–water partition coefficient (Wildman–Crippen LogP) is 2.93. The molecule has 0 N–H and O–H groups in total. The first-order valence-electron chi connectivity index (χ1n) is 4.51. The average Bonchev–Trinajstić information content (AvgIpc) is 2.20. The second kappa shape index (κ2) is 6.95. The number of non-ortho nitro benzene ring substituents is 1. The van der Waals surface area contributed by atoms with Gasteiger partial charge in [-0.25, -0.2) is 0 Å². The van der Waals surface area contributed by atoms with Crippen LogP contribution in [0.2, 0.25) is 0 Å². The maximum absolute atomic E-state index is 10.5. The Morgan fingerprint density at radius 2 is 2.07 bits per heavy atom. The van der Waals surface area contributed by atoms with Crippen molar-refractivity contribution >= 4 is 22.5 Å². The van der Waals surface area contributed by atoms with Crippen molar-refractivity contribution in [1.29, 1.82) is 0 Å². The lowest BCUT2D eigenvalue weighted by molar-refractivity contribution is -0.384. The largest absolute Gasteiger partial charge is 0.281 e. The molecule has 0 bridgehead atoms. The van der Waals surface area contributed by atoms with Crippen molar-refractivity contribution < 1.29 is 9.72 Å². The summed E-state index contributed by atoms with van der Waals surface area (Å²) in [7, 11) is 0. The van der Waals surface area contributed by atoms with Gasteiger partial charge in [0.2, 0.25) is 5.24 Å². The van der Waals surface area contributed by atoms with Gasteiger partial charge in [0.1, 0.15) is 0 Å². The molecule has 0 saturated heterocycles. The highest BCUT2D eigenvalue weighted by molar-refractivity contribution is 6.63. The Bertz CT molecular complexity index is 352. The maximum atomic E-state index is 10.5. The fraction of sp³-hybridized carbons (Fsp3) is 0.300. The van der Waals surface area contributed by atoms with Gasteiger partial charge in [-0.2, -0.15) is 0 Å². The van der Waals surface area contributed by atoms with Crippen LogP contribution in [0.1, 0.15) is 19.4 Å². The molecule has 0 atom stereocenters. The number of rotatable bonds is 3. The Morgan fingerprint density at radius 3 is 2.53 bits per heavy atom. The smallest absolute Gasteiger partial charge is 0.269 e. The summed E-state index contributed by atoms with van der Waals surface area (Å²) < 4.78 is 0. The first-order chi connectivity index (χ1) is 7.09. The van der Waals surface area contributed by atoms with Gasteiger partial charge >= 0.3 is 0 Å². The van der Waals surface area contributed by atoms with Crippen LogP contribution >= 0.6 is 11.6 Å². The molecule has 0 heterocycles. The van der Waals surface area contributed by atoms with Crippen LogP contribution in [0.15, 0.2) is 24.3 Å². The quantitative estimate of drug-likeness (QED) is 0.455. The minimum absolute atomic E-state index is 0.0171. The van der Waals surface area contributed by atoms with Crippen LogP contribution in [0.3, 0.4) is 0 Å². The summed E-state index contributed by atoms with van der Waals surface area (Å²) in [5.74, 6) is 0. The normalized spacial score (nSPS) is 8.73. The third-order valence-corrected chi connectivity index (χ3v) is 1.60. The fourth-order valence-electron chi connectivity index (χ4n) is 0.940. The number of hydrogen-bond donors (Lipinski definition) is 0. The van der Waals surface area contributed by atoms with Crippen molar-refractivity contribution in [3.63, 3.8) is 0 Å². The van der Waals surface area contributed by atoms with E-state index < -0.39 is 10.2 Å². The van der Waals surface area contributed by atoms with E-state index in [-0.39, 0.29) is 12.1 Å². The first kappa shape index (κ1) is 13.6. The average molecular weight is 230 g/mol. The highest BCUT2D eigenvalue weighted by Gasteiger charge is 2.06. The molecule has 0 radical (unpaired) electrons. The molecule has 1 aromatic rings. The lowest BCUT2D eigenvalue weighted by Crippen LogP contribution is -1.95. The van der Waals surface area contributed by atoms with Crippen molar-refractivity contribution in [3.8, 4) is 0 Å². The lowest BCUT2D eigenvalue weighted by Gasteiger charge is -1.95. The topological polar surface area (TPSA) is 60.2 Å². The molecule has 0 spiro atoms. The molecule has 15 heavy (non-hydrogen) atoms. The number of carbonyl (C=O) groups excluding carboxylic acids is 1. The maximum Gasteiger partial charge on any atom is 0.269 e. The van der Waals surface area contributed by atoms with Crippen LogP contribution < -0.4 is 0 Å². The molecule has 82 valence electrons. The van der Waals surface area contributed by atoms with Crippen molar-refractivity contribution in [2.45, 2.75) is 20.3 Å². The molecule has 0 unspecified atom stereocenters. The Morgan fingerprint density at radius 1 is 1.47 bits per heavy atom. The van der Waals surface area contributed by atoms with Crippen molar-refractivity contribution in [1.82, 2.24) is 0 Å². The summed E-state index contributed by atoms with van der Waals surface area (Å²) in [6.07, 6.45) is 0.0171. The van der Waals surface area contributed by atoms with Gasteiger partial charge in [-0.1, -0.05) is 26.0 Å². The number of nitro benzene ring substituents is 1. The standard InChI is InChI=1S/C8H6ClNO3.C2H6/c9-8(11)5-6-2-1-3-7(4-6)10(12)13;1-2/h1-4H,5H2;1-2H3. The summed E-state index contributed by atoms with van der Waals surface area (Å²) >= 11 is 5.14. The summed E-state index contributed by atoms with van der Waals surface area (Å²) in [6, 6.07) is 5.84. The molecule has 0 amide bonds. The van der Waals surface area contributed by atoms with E-state index in [1.807, 2.05) is 13.8 Å². The molecule has 1 rings (SSSR count). The zero-order valence-corrected chi connectivity index (χ0v) is 9.32. The number of nitrogens with zero attached hydrogens (tertiary/aromatic N) is 1. The van der Waals surface area contributed by atoms with Gasteiger partial charge in [-0.05, 0) is 17.2 Å². The van der Waals surface area contributed by atoms with Gasteiger partial charge in [-0.15, -0.1) is 0 Å². The molecular formula is C10H12ClNO3. The second-order valence-corrected chi connectivity index (χ2v) is 2.88. The summed E-state index contributed by atoms with van der Waals surface area (Å²) in [5.41, 5.74) is 0.518. The molecular weight excluding hydrogens is 218 g/mol. The first-order valence-corrected chi connectivity index (χ1v) is 4.89. The molecule has 0 aliphatic rings. The number of hydrogen-bond acceptors (Lipinski definition) is 3. The molecule has 0 fully saturated rings. The number of carbonyl (C=O) groups is 1. The zero-order valence-electron chi connectivity index (χ0n) is 8.57. The van der Waals surface area contributed by atoms with E-state index in [1.165, 1.54) is 18.2 Å². The van der Waals surface area contributed by atoms with E-state index in [4.69, 9.17) is 11.6 Å². The third-order valence-electron chi connectivity index (χ3n) is 1.46. The van der Waals surface area contributed by atoms with Gasteiger partial charge in [-0.3, -0.25) is 14.9 Å². The van der Waals surface area contributed by atoms with Gasteiger partial charge in [0.25, 0.3) is 5.69 Å². The molecule has 0 aliphatic carbocycles. The molecule has 4 nitrogen and oxygen atoms in total. The van der Waals surface area contributed by atoms with Crippen LogP contribution in [0.5, 0.6) is 0 Å². The number of benzene rings is 1. The summed E-state index contributed by atoms with van der Waals surface area (Å²) in [4.78, 5) is 20.3. The van der Waals surface area contributed by atoms with Crippen LogP contribution in [-0.2, 0) is 11.2 Å². The SMILES string of the molecule is CC.O=C(Cl)Cc1cccc([N+](=O)[O-])c1. The Labute approximate surface area is 93.0 Å². The van der Waals surface area contributed by atoms with E-state index in [1.54, 1.807) is 6.07 Å². The van der Waals surface area contributed by atoms with E-state index in [0.29, 0.717) is 5.56 Å². The Kier molecular flexibility index (Phi) is 6.29. The highest BCUT2D eigenvalue weighted by Crippen LogP contribution is 2.13. The number of halogens is 1. The lowest BCUT2D eigenvalue weighted by atomic mass is 10.1. The predicted molar refractivity (Wildman–Crippen MR) is 59.0 cm³/mol. The molecule has 0 saturated carbocycles. The summed E-state index contributed by atoms with van der Waals surface area (Å²) in [6.45, 7) is 4.00. The van der Waals surface area contributed by atoms with Crippen LogP contribution in [0.25, 0.3) is 0 Å². The Balaban J connectivity index is 0.000000921. The van der Waals surface area contributed by atoms with Gasteiger partial charge in [0.05, 0.1) is 4.92 Å². The monoisotopic (exact) mass is 229 g/mol. The third kappa shape index (κ3) is 5.12. The van der Waals surface area contributed by atoms with E-state index in [0.717, 1.165) is 0 Å². The zero-order chi connectivity index (χ0) is 11.8. The van der Waals surface area contributed by atoms with E-state index in [9.17, 15) is 14.9 Å². The minimum Gasteiger partial charge on any atom is -0.281 e. The van der Waals surface area contributed by atoms with Crippen molar-refractivity contribution in [2.24, 2.45) is 0 Å². The van der Waals surface area contributed by atoms with Gasteiger partial charge in [0, 0.05) is 18.6 Å². The van der Waals surface area contributed by atoms with Crippen LogP contribution in [0, 0.1) is 10.1 Å². The molecule has 5 heteroatoms. The van der Waals surface area contributed by atoms with Crippen molar-refractivity contribution in [2.75, 3.05) is 0 Å². The number of nitro groups is 1. The highest BCUT2D eigenvalue weighted by atomic mass is 35.5. The van der Waals surface area contributed by atoms with E-state index in [2.05, 4.69) is 0 Å². The van der Waals surface area contributed by atoms with Gasteiger partial charge in [0.15, 0.2) is 0 Å². The van der Waals surface area contributed by atoms with E-state index >= 15 is 0 Å².